The molecular weight excluding hydrogens is 260 g/mol. The fourth-order valence-corrected chi connectivity index (χ4v) is 2.22. The molecule has 0 radical (unpaired) electrons. The molecule has 0 amide bonds. The molecule has 1 aliphatic carbocycles. The summed E-state index contributed by atoms with van der Waals surface area (Å²) in [5.41, 5.74) is 3.60. The van der Waals surface area contributed by atoms with Gasteiger partial charge < -0.3 is 10.2 Å². The van der Waals surface area contributed by atoms with Crippen LogP contribution in [0.15, 0.2) is 18.2 Å². The maximum Gasteiger partial charge on any atom is 0.293 e. The summed E-state index contributed by atoms with van der Waals surface area (Å²) in [7, 11) is 1.68. The van der Waals surface area contributed by atoms with E-state index in [-0.39, 0.29) is 5.69 Å². The fourth-order valence-electron chi connectivity index (χ4n) is 2.22. The number of nitrogens with zero attached hydrogens (tertiary/aromatic N) is 2. The minimum absolute atomic E-state index is 0.00693. The van der Waals surface area contributed by atoms with Crippen LogP contribution in [0.1, 0.15) is 18.4 Å². The molecule has 1 aliphatic rings. The van der Waals surface area contributed by atoms with E-state index in [9.17, 15) is 10.1 Å². The molecule has 2 rings (SSSR count). The van der Waals surface area contributed by atoms with Crippen LogP contribution in [0.4, 0.5) is 11.4 Å². The van der Waals surface area contributed by atoms with Gasteiger partial charge in [-0.1, -0.05) is 6.07 Å². The van der Waals surface area contributed by atoms with Gasteiger partial charge in [0, 0.05) is 32.3 Å². The summed E-state index contributed by atoms with van der Waals surface area (Å²) in [6, 6.07) is 5.67. The van der Waals surface area contributed by atoms with Crippen LogP contribution in [0.25, 0.3) is 0 Å². The number of nitrogens with one attached hydrogen (secondary N) is 1. The van der Waals surface area contributed by atoms with Crippen molar-refractivity contribution in [1.82, 2.24) is 4.90 Å². The van der Waals surface area contributed by atoms with Crippen LogP contribution in [0, 0.1) is 10.1 Å². The Bertz CT molecular complexity index is 477. The third-order valence-electron chi connectivity index (χ3n) is 3.45. The van der Waals surface area contributed by atoms with Gasteiger partial charge in [0.2, 0.25) is 0 Å². The van der Waals surface area contributed by atoms with Crippen molar-refractivity contribution in [2.45, 2.75) is 25.4 Å². The highest BCUT2D eigenvalue weighted by Crippen LogP contribution is 2.30. The second kappa shape index (κ2) is 6.65. The Hall–Kier alpha value is -1.70. The van der Waals surface area contributed by atoms with Gasteiger partial charge in [-0.15, -0.1) is 0 Å². The molecule has 1 aromatic rings. The predicted molar refractivity (Wildman–Crippen MR) is 76.2 cm³/mol. The smallest absolute Gasteiger partial charge is 0.293 e. The number of ether oxygens (including phenoxy) is 1. The second-order valence-electron chi connectivity index (χ2n) is 4.95. The van der Waals surface area contributed by atoms with Crippen LogP contribution < -0.4 is 11.3 Å². The van der Waals surface area contributed by atoms with Crippen molar-refractivity contribution in [3.8, 4) is 0 Å². The normalized spacial score (nSPS) is 14.6. The molecule has 0 aliphatic heterocycles. The van der Waals surface area contributed by atoms with Gasteiger partial charge in [0.05, 0.1) is 11.5 Å². The zero-order chi connectivity index (χ0) is 14.5. The Morgan fingerprint density at radius 3 is 2.85 bits per heavy atom. The van der Waals surface area contributed by atoms with Crippen LogP contribution in [0.5, 0.6) is 0 Å². The van der Waals surface area contributed by atoms with Crippen molar-refractivity contribution in [3.63, 3.8) is 0 Å². The first kappa shape index (κ1) is 14.7. The standard InChI is InChI=1S/C13H20N4O3/c1-20-7-6-16(11-3-4-11)9-10-2-5-12(15-14)13(8-10)17(18)19/h2,5,8,11,15H,3-4,6-7,9,14H2,1H3. The van der Waals surface area contributed by atoms with Crippen LogP contribution in [0.2, 0.25) is 0 Å². The summed E-state index contributed by atoms with van der Waals surface area (Å²) in [4.78, 5) is 12.9. The molecule has 110 valence electrons. The molecule has 0 heterocycles. The number of nitrogens with two attached hydrogens (primary N) is 1. The number of hydrazine groups is 1. The summed E-state index contributed by atoms with van der Waals surface area (Å²) in [6.45, 7) is 2.20. The Balaban J connectivity index is 2.11. The van der Waals surface area contributed by atoms with E-state index in [0.717, 1.165) is 12.1 Å². The molecular formula is C13H20N4O3. The number of nitro benzene ring substituents is 1. The minimum Gasteiger partial charge on any atom is -0.383 e. The van der Waals surface area contributed by atoms with Crippen LogP contribution >= 0.6 is 0 Å². The highest BCUT2D eigenvalue weighted by Gasteiger charge is 2.29. The lowest BCUT2D eigenvalue weighted by atomic mass is 10.1. The number of anilines is 1. The quantitative estimate of drug-likeness (QED) is 0.426. The number of hydrogen-bond acceptors (Lipinski definition) is 6. The van der Waals surface area contributed by atoms with Crippen LogP contribution in [0.3, 0.4) is 0 Å². The first-order chi connectivity index (χ1) is 9.65. The lowest BCUT2D eigenvalue weighted by molar-refractivity contribution is -0.384. The number of benzene rings is 1. The van der Waals surface area contributed by atoms with E-state index >= 15 is 0 Å². The predicted octanol–water partition coefficient (Wildman–Crippen LogP) is 1.49. The molecule has 0 unspecified atom stereocenters. The zero-order valence-corrected chi connectivity index (χ0v) is 11.5. The highest BCUT2D eigenvalue weighted by molar-refractivity contribution is 5.61. The van der Waals surface area contributed by atoms with Crippen molar-refractivity contribution in [2.24, 2.45) is 5.84 Å². The lowest BCUT2D eigenvalue weighted by Crippen LogP contribution is -2.29. The summed E-state index contributed by atoms with van der Waals surface area (Å²) in [6.07, 6.45) is 2.38. The van der Waals surface area contributed by atoms with Crippen molar-refractivity contribution in [2.75, 3.05) is 25.7 Å². The number of hydrogen-bond donors (Lipinski definition) is 2. The lowest BCUT2D eigenvalue weighted by Gasteiger charge is -2.21. The highest BCUT2D eigenvalue weighted by atomic mass is 16.6. The summed E-state index contributed by atoms with van der Waals surface area (Å²) in [5.74, 6) is 5.28. The molecule has 1 fully saturated rings. The molecule has 1 aromatic carbocycles. The monoisotopic (exact) mass is 280 g/mol. The zero-order valence-electron chi connectivity index (χ0n) is 11.5. The van der Waals surface area contributed by atoms with E-state index in [4.69, 9.17) is 10.6 Å². The molecule has 1 saturated carbocycles. The van der Waals surface area contributed by atoms with E-state index in [2.05, 4.69) is 10.3 Å². The molecule has 0 aromatic heterocycles. The topological polar surface area (TPSA) is 93.7 Å². The Kier molecular flexibility index (Phi) is 4.89. The van der Waals surface area contributed by atoms with Gasteiger partial charge in [0.1, 0.15) is 5.69 Å². The first-order valence-corrected chi connectivity index (χ1v) is 6.62. The van der Waals surface area contributed by atoms with Gasteiger partial charge in [-0.3, -0.25) is 20.9 Å². The van der Waals surface area contributed by atoms with Gasteiger partial charge in [-0.2, -0.15) is 0 Å². The van der Waals surface area contributed by atoms with Crippen molar-refractivity contribution in [3.05, 3.63) is 33.9 Å². The summed E-state index contributed by atoms with van der Waals surface area (Å²) < 4.78 is 5.11. The fraction of sp³-hybridized carbons (Fsp3) is 0.538. The van der Waals surface area contributed by atoms with Crippen molar-refractivity contribution >= 4 is 11.4 Å². The second-order valence-corrected chi connectivity index (χ2v) is 4.95. The third kappa shape index (κ3) is 3.66. The summed E-state index contributed by atoms with van der Waals surface area (Å²) >= 11 is 0. The van der Waals surface area contributed by atoms with E-state index in [1.165, 1.54) is 12.8 Å². The summed E-state index contributed by atoms with van der Waals surface area (Å²) in [5, 5.41) is 11.0. The maximum atomic E-state index is 11.0. The minimum atomic E-state index is -0.421. The van der Waals surface area contributed by atoms with Crippen molar-refractivity contribution in [1.29, 1.82) is 0 Å². The van der Waals surface area contributed by atoms with Gasteiger partial charge >= 0.3 is 0 Å². The van der Waals surface area contributed by atoms with Gasteiger partial charge in [-0.25, -0.2) is 0 Å². The third-order valence-corrected chi connectivity index (χ3v) is 3.45. The Labute approximate surface area is 117 Å². The SMILES string of the molecule is COCCN(Cc1ccc(NN)c([N+](=O)[O-])c1)C1CC1. The van der Waals surface area contributed by atoms with E-state index < -0.39 is 4.92 Å². The molecule has 0 atom stereocenters. The number of nitrogen functional groups attached to an aromatic ring is 1. The molecule has 7 heteroatoms. The van der Waals surface area contributed by atoms with Crippen molar-refractivity contribution < 1.29 is 9.66 Å². The number of nitro groups is 1. The average molecular weight is 280 g/mol. The molecule has 0 saturated heterocycles. The van der Waals surface area contributed by atoms with Gasteiger partial charge in [0.25, 0.3) is 5.69 Å². The molecule has 0 bridgehead atoms. The maximum absolute atomic E-state index is 11.0. The van der Waals surface area contributed by atoms with Crippen LogP contribution in [-0.2, 0) is 11.3 Å². The van der Waals surface area contributed by atoms with E-state index in [1.807, 2.05) is 6.07 Å². The van der Waals surface area contributed by atoms with Crippen LogP contribution in [-0.4, -0.2) is 36.1 Å². The Morgan fingerprint density at radius 2 is 2.30 bits per heavy atom. The Morgan fingerprint density at radius 1 is 1.55 bits per heavy atom. The molecule has 20 heavy (non-hydrogen) atoms. The van der Waals surface area contributed by atoms with Gasteiger partial charge in [-0.05, 0) is 24.5 Å². The van der Waals surface area contributed by atoms with E-state index in [0.29, 0.717) is 24.9 Å². The largest absolute Gasteiger partial charge is 0.383 e. The molecule has 0 spiro atoms. The number of methoxy groups -OCH3 is 1. The van der Waals surface area contributed by atoms with Gasteiger partial charge in [0.15, 0.2) is 0 Å². The molecule has 7 nitrogen and oxygen atoms in total. The number of rotatable bonds is 8. The average Bonchev–Trinajstić information content (AvgIpc) is 3.27. The van der Waals surface area contributed by atoms with E-state index in [1.54, 1.807) is 19.2 Å². The first-order valence-electron chi connectivity index (χ1n) is 6.62. The molecule has 3 N–H and O–H groups in total.